The Labute approximate surface area is 98.6 Å². The van der Waals surface area contributed by atoms with Gasteiger partial charge >= 0.3 is 0 Å². The molecular weight excluding hydrogens is 226 g/mol. The molecule has 0 radical (unpaired) electrons. The molecule has 1 heterocycles. The van der Waals surface area contributed by atoms with E-state index in [0.29, 0.717) is 19.0 Å². The van der Waals surface area contributed by atoms with Crippen molar-refractivity contribution in [3.05, 3.63) is 0 Å². The van der Waals surface area contributed by atoms with Gasteiger partial charge in [0.2, 0.25) is 0 Å². The van der Waals surface area contributed by atoms with Gasteiger partial charge in [0.1, 0.15) is 0 Å². The van der Waals surface area contributed by atoms with Crippen molar-refractivity contribution in [2.75, 3.05) is 19.6 Å². The Morgan fingerprint density at radius 1 is 1.38 bits per heavy atom. The largest absolute Gasteiger partial charge is 0.310 e. The summed E-state index contributed by atoms with van der Waals surface area (Å²) in [4.78, 5) is 0. The van der Waals surface area contributed by atoms with Crippen molar-refractivity contribution in [2.45, 2.75) is 39.2 Å². The summed E-state index contributed by atoms with van der Waals surface area (Å²) in [5, 5.41) is 3.32. The lowest BCUT2D eigenvalue weighted by molar-refractivity contribution is 0.407. The minimum atomic E-state index is -3.34. The third-order valence-corrected chi connectivity index (χ3v) is 3.86. The molecule has 0 bridgehead atoms. The van der Waals surface area contributed by atoms with Crippen LogP contribution in [0.2, 0.25) is 0 Å². The maximum Gasteiger partial charge on any atom is 0.276 e. The first-order chi connectivity index (χ1) is 7.33. The maximum atomic E-state index is 11.6. The smallest absolute Gasteiger partial charge is 0.276 e. The quantitative estimate of drug-likeness (QED) is 0.630. The van der Waals surface area contributed by atoms with Crippen LogP contribution in [-0.2, 0) is 10.2 Å². The SMILES string of the molecule is CC(C)CNS(=O)(=O)NCC1(C)CCCN1. The zero-order valence-electron chi connectivity index (χ0n) is 10.3. The molecule has 0 aromatic heterocycles. The van der Waals surface area contributed by atoms with Gasteiger partial charge in [-0.1, -0.05) is 13.8 Å². The Kier molecular flexibility index (Phi) is 4.73. The summed E-state index contributed by atoms with van der Waals surface area (Å²) < 4.78 is 28.3. The maximum absolute atomic E-state index is 11.6. The van der Waals surface area contributed by atoms with Gasteiger partial charge in [-0.15, -0.1) is 0 Å². The second-order valence-electron chi connectivity index (χ2n) is 5.16. The predicted octanol–water partition coefficient (Wildman–Crippen LogP) is 0.209. The molecule has 0 spiro atoms. The van der Waals surface area contributed by atoms with E-state index in [1.807, 2.05) is 20.8 Å². The van der Waals surface area contributed by atoms with Crippen LogP contribution in [0.15, 0.2) is 0 Å². The van der Waals surface area contributed by atoms with Gasteiger partial charge in [0.25, 0.3) is 10.2 Å². The average Bonchev–Trinajstić information content (AvgIpc) is 2.61. The minimum Gasteiger partial charge on any atom is -0.310 e. The van der Waals surface area contributed by atoms with Gasteiger partial charge in [0, 0.05) is 18.6 Å². The summed E-state index contributed by atoms with van der Waals surface area (Å²) >= 11 is 0. The molecule has 1 rings (SSSR count). The molecule has 6 heteroatoms. The molecular formula is C10H23N3O2S. The molecule has 1 unspecified atom stereocenters. The van der Waals surface area contributed by atoms with Crippen molar-refractivity contribution >= 4 is 10.2 Å². The first kappa shape index (κ1) is 13.9. The van der Waals surface area contributed by atoms with Gasteiger partial charge in [0.15, 0.2) is 0 Å². The molecule has 3 N–H and O–H groups in total. The zero-order valence-corrected chi connectivity index (χ0v) is 11.2. The number of nitrogens with one attached hydrogen (secondary N) is 3. The Hall–Kier alpha value is -0.170. The average molecular weight is 249 g/mol. The van der Waals surface area contributed by atoms with Crippen molar-refractivity contribution < 1.29 is 8.42 Å². The Morgan fingerprint density at radius 2 is 2.06 bits per heavy atom. The first-order valence-electron chi connectivity index (χ1n) is 5.82. The van der Waals surface area contributed by atoms with Crippen LogP contribution in [-0.4, -0.2) is 33.6 Å². The van der Waals surface area contributed by atoms with E-state index in [4.69, 9.17) is 0 Å². The van der Waals surface area contributed by atoms with Gasteiger partial charge < -0.3 is 5.32 Å². The molecule has 1 saturated heterocycles. The third-order valence-electron chi connectivity index (χ3n) is 2.79. The van der Waals surface area contributed by atoms with Crippen LogP contribution in [0.4, 0.5) is 0 Å². The van der Waals surface area contributed by atoms with Gasteiger partial charge in [0.05, 0.1) is 0 Å². The summed E-state index contributed by atoms with van der Waals surface area (Å²) in [5.74, 6) is 0.316. The monoisotopic (exact) mass is 249 g/mol. The normalized spacial score (nSPS) is 26.5. The molecule has 1 fully saturated rings. The Morgan fingerprint density at radius 3 is 2.56 bits per heavy atom. The highest BCUT2D eigenvalue weighted by Gasteiger charge is 2.29. The first-order valence-corrected chi connectivity index (χ1v) is 7.31. The highest BCUT2D eigenvalue weighted by Crippen LogP contribution is 2.17. The van der Waals surface area contributed by atoms with Crippen molar-refractivity contribution in [1.29, 1.82) is 0 Å². The van der Waals surface area contributed by atoms with Crippen LogP contribution < -0.4 is 14.8 Å². The molecule has 0 aromatic rings. The lowest BCUT2D eigenvalue weighted by atomic mass is 10.0. The van der Waals surface area contributed by atoms with Crippen LogP contribution in [0.25, 0.3) is 0 Å². The third kappa shape index (κ3) is 4.78. The fraction of sp³-hybridized carbons (Fsp3) is 1.00. The Bertz CT molecular complexity index is 308. The van der Waals surface area contributed by atoms with E-state index in [-0.39, 0.29) is 5.54 Å². The van der Waals surface area contributed by atoms with E-state index in [1.54, 1.807) is 0 Å². The number of rotatable bonds is 6. The predicted molar refractivity (Wildman–Crippen MR) is 65.4 cm³/mol. The highest BCUT2D eigenvalue weighted by molar-refractivity contribution is 7.87. The summed E-state index contributed by atoms with van der Waals surface area (Å²) in [6.07, 6.45) is 2.12. The van der Waals surface area contributed by atoms with Crippen molar-refractivity contribution in [3.8, 4) is 0 Å². The van der Waals surface area contributed by atoms with E-state index < -0.39 is 10.2 Å². The van der Waals surface area contributed by atoms with E-state index in [9.17, 15) is 8.42 Å². The van der Waals surface area contributed by atoms with Crippen LogP contribution in [0, 0.1) is 5.92 Å². The van der Waals surface area contributed by atoms with Crippen LogP contribution >= 0.6 is 0 Å². The van der Waals surface area contributed by atoms with E-state index in [1.165, 1.54) is 0 Å². The molecule has 0 amide bonds. The highest BCUT2D eigenvalue weighted by atomic mass is 32.2. The van der Waals surface area contributed by atoms with Crippen molar-refractivity contribution in [2.24, 2.45) is 5.92 Å². The zero-order chi connectivity index (χ0) is 12.2. The van der Waals surface area contributed by atoms with Gasteiger partial charge in [-0.05, 0) is 32.2 Å². The van der Waals surface area contributed by atoms with Gasteiger partial charge in [-0.3, -0.25) is 0 Å². The van der Waals surface area contributed by atoms with Crippen molar-refractivity contribution in [1.82, 2.24) is 14.8 Å². The fourth-order valence-electron chi connectivity index (χ4n) is 1.69. The summed E-state index contributed by atoms with van der Waals surface area (Å²) in [7, 11) is -3.34. The minimum absolute atomic E-state index is 0.0907. The lowest BCUT2D eigenvalue weighted by Gasteiger charge is -2.24. The topological polar surface area (TPSA) is 70.2 Å². The lowest BCUT2D eigenvalue weighted by Crippen LogP contribution is -2.50. The standard InChI is InChI=1S/C10H23N3O2S/c1-9(2)7-12-16(14,15)13-8-10(3)5-4-6-11-10/h9,11-13H,4-8H2,1-3H3. The molecule has 16 heavy (non-hydrogen) atoms. The molecule has 5 nitrogen and oxygen atoms in total. The molecule has 1 atom stereocenters. The second-order valence-corrected chi connectivity index (χ2v) is 6.74. The Balaban J connectivity index is 2.35. The second kappa shape index (κ2) is 5.44. The van der Waals surface area contributed by atoms with Crippen LogP contribution in [0.3, 0.4) is 0 Å². The van der Waals surface area contributed by atoms with Crippen molar-refractivity contribution in [3.63, 3.8) is 0 Å². The molecule has 0 aromatic carbocycles. The summed E-state index contributed by atoms with van der Waals surface area (Å²) in [6, 6.07) is 0. The summed E-state index contributed by atoms with van der Waals surface area (Å²) in [6.45, 7) is 7.88. The molecule has 1 aliphatic heterocycles. The molecule has 1 aliphatic rings. The molecule has 0 saturated carbocycles. The van der Waals surface area contributed by atoms with Crippen LogP contribution in [0.1, 0.15) is 33.6 Å². The fourth-order valence-corrected chi connectivity index (χ4v) is 2.85. The van der Waals surface area contributed by atoms with E-state index in [0.717, 1.165) is 19.4 Å². The molecule has 0 aliphatic carbocycles. The van der Waals surface area contributed by atoms with Gasteiger partial charge in [-0.25, -0.2) is 9.44 Å². The van der Waals surface area contributed by atoms with Crippen LogP contribution in [0.5, 0.6) is 0 Å². The number of hydrogen-bond acceptors (Lipinski definition) is 3. The summed E-state index contributed by atoms with van der Waals surface area (Å²) in [5.41, 5.74) is -0.0907. The number of hydrogen-bond donors (Lipinski definition) is 3. The molecule has 96 valence electrons. The van der Waals surface area contributed by atoms with Gasteiger partial charge in [-0.2, -0.15) is 8.42 Å². The van der Waals surface area contributed by atoms with E-state index in [2.05, 4.69) is 14.8 Å². The van der Waals surface area contributed by atoms with E-state index >= 15 is 0 Å².